The Labute approximate surface area is 203 Å². The average molecular weight is 471 g/mol. The van der Waals surface area contributed by atoms with Crippen LogP contribution in [0.1, 0.15) is 45.9 Å². The van der Waals surface area contributed by atoms with Gasteiger partial charge in [-0.25, -0.2) is 0 Å². The molecule has 0 saturated carbocycles. The molecule has 3 aromatic rings. The molecule has 5 nitrogen and oxygen atoms in total. The van der Waals surface area contributed by atoms with Crippen molar-refractivity contribution in [1.29, 1.82) is 0 Å². The predicted octanol–water partition coefficient (Wildman–Crippen LogP) is 5.61. The molecular formula is C28H26N2O3S. The number of anilines is 1. The quantitative estimate of drug-likeness (QED) is 0.504. The Bertz CT molecular complexity index is 1300. The molecule has 2 amide bonds. The Morgan fingerprint density at radius 2 is 1.97 bits per heavy atom. The number of methoxy groups -OCH3 is 1. The van der Waals surface area contributed by atoms with Crippen LogP contribution >= 0.6 is 11.8 Å². The maximum absolute atomic E-state index is 13.1. The lowest BCUT2D eigenvalue weighted by atomic mass is 9.87. The Morgan fingerprint density at radius 1 is 1.12 bits per heavy atom. The van der Waals surface area contributed by atoms with Crippen LogP contribution in [0, 0.1) is 0 Å². The Balaban J connectivity index is 1.38. The van der Waals surface area contributed by atoms with Crippen molar-refractivity contribution in [2.75, 3.05) is 19.1 Å². The lowest BCUT2D eigenvalue weighted by molar-refractivity contribution is -0.114. The normalized spacial score (nSPS) is 18.3. The van der Waals surface area contributed by atoms with Crippen LogP contribution in [-0.4, -0.2) is 26.0 Å². The van der Waals surface area contributed by atoms with E-state index in [0.717, 1.165) is 41.2 Å². The Hall–Kier alpha value is -3.51. The summed E-state index contributed by atoms with van der Waals surface area (Å²) >= 11 is 1.42. The summed E-state index contributed by atoms with van der Waals surface area (Å²) in [4.78, 5) is 29.4. The number of fused-ring (bicyclic) bond motifs is 2. The summed E-state index contributed by atoms with van der Waals surface area (Å²) in [5.74, 6) is 0.528. The van der Waals surface area contributed by atoms with Crippen molar-refractivity contribution in [1.82, 2.24) is 5.32 Å². The van der Waals surface area contributed by atoms with Gasteiger partial charge in [-0.15, -0.1) is 0 Å². The largest absolute Gasteiger partial charge is 0.497 e. The minimum Gasteiger partial charge on any atom is -0.497 e. The standard InChI is InChI=1S/C28H26N2O3S/c1-30-24-17-20(27(31)29-23-12-6-9-19-8-3-4-11-22(19)23)13-14-25(24)34-26(28(30)32)16-18-7-5-10-21(15-18)33-2/h3-5,7-8,10-11,13-17,23H,6,9,12H2,1-2H3,(H,29,31)/b26-16-/t23-/m0/s1. The number of rotatable bonds is 4. The highest BCUT2D eigenvalue weighted by molar-refractivity contribution is 8.04. The van der Waals surface area contributed by atoms with Gasteiger partial charge in [0.15, 0.2) is 0 Å². The number of ether oxygens (including phenoxy) is 1. The third kappa shape index (κ3) is 4.33. The topological polar surface area (TPSA) is 58.6 Å². The molecule has 0 aromatic heterocycles. The number of carbonyl (C=O) groups excluding carboxylic acids is 2. The molecule has 1 heterocycles. The van der Waals surface area contributed by atoms with Gasteiger partial charge in [-0.1, -0.05) is 48.2 Å². The molecule has 1 N–H and O–H groups in total. The van der Waals surface area contributed by atoms with Crippen LogP contribution in [0.25, 0.3) is 6.08 Å². The average Bonchev–Trinajstić information content (AvgIpc) is 2.87. The first kappa shape index (κ1) is 22.3. The summed E-state index contributed by atoms with van der Waals surface area (Å²) in [6.07, 6.45) is 4.91. The molecule has 0 spiro atoms. The van der Waals surface area contributed by atoms with E-state index in [4.69, 9.17) is 4.74 Å². The van der Waals surface area contributed by atoms with Crippen molar-refractivity contribution < 1.29 is 14.3 Å². The zero-order valence-electron chi connectivity index (χ0n) is 19.2. The van der Waals surface area contributed by atoms with E-state index in [9.17, 15) is 9.59 Å². The highest BCUT2D eigenvalue weighted by Gasteiger charge is 2.28. The number of nitrogens with one attached hydrogen (secondary N) is 1. The molecule has 0 radical (unpaired) electrons. The molecule has 0 unspecified atom stereocenters. The van der Waals surface area contributed by atoms with E-state index in [1.165, 1.54) is 22.9 Å². The number of likely N-dealkylation sites (N-methyl/N-ethyl adjacent to an activating group) is 1. The molecule has 5 rings (SSSR count). The van der Waals surface area contributed by atoms with Gasteiger partial charge in [-0.3, -0.25) is 9.59 Å². The number of nitrogens with zero attached hydrogens (tertiary/aromatic N) is 1. The second kappa shape index (κ2) is 9.39. The SMILES string of the molecule is COc1cccc(/C=C2\Sc3ccc(C(=O)N[C@H]4CCCc5ccccc54)cc3N(C)C2=O)c1. The number of amides is 2. The van der Waals surface area contributed by atoms with Crippen LogP contribution in [0.15, 0.2) is 76.5 Å². The number of benzene rings is 3. The fraction of sp³-hybridized carbons (Fsp3) is 0.214. The zero-order chi connectivity index (χ0) is 23.7. The molecule has 1 aliphatic carbocycles. The van der Waals surface area contributed by atoms with E-state index in [1.807, 2.05) is 60.7 Å². The fourth-order valence-electron chi connectivity index (χ4n) is 4.56. The zero-order valence-corrected chi connectivity index (χ0v) is 20.0. The lowest BCUT2D eigenvalue weighted by Crippen LogP contribution is -2.32. The molecular weight excluding hydrogens is 444 g/mol. The maximum atomic E-state index is 13.1. The van der Waals surface area contributed by atoms with Crippen LogP contribution in [-0.2, 0) is 11.2 Å². The smallest absolute Gasteiger partial charge is 0.264 e. The summed E-state index contributed by atoms with van der Waals surface area (Å²) in [5.41, 5.74) is 4.71. The summed E-state index contributed by atoms with van der Waals surface area (Å²) in [6, 6.07) is 21.5. The van der Waals surface area contributed by atoms with Crippen molar-refractivity contribution in [2.24, 2.45) is 0 Å². The Kier molecular flexibility index (Phi) is 6.16. The highest BCUT2D eigenvalue weighted by atomic mass is 32.2. The van der Waals surface area contributed by atoms with E-state index in [-0.39, 0.29) is 17.9 Å². The van der Waals surface area contributed by atoms with Crippen LogP contribution in [0.2, 0.25) is 0 Å². The first-order chi connectivity index (χ1) is 16.5. The predicted molar refractivity (Wildman–Crippen MR) is 136 cm³/mol. The molecule has 0 bridgehead atoms. The van der Waals surface area contributed by atoms with Crippen molar-refractivity contribution in [3.05, 3.63) is 93.9 Å². The third-order valence-electron chi connectivity index (χ3n) is 6.38. The minimum atomic E-state index is -0.118. The first-order valence-electron chi connectivity index (χ1n) is 11.4. The minimum absolute atomic E-state index is 0.0135. The van der Waals surface area contributed by atoms with Gasteiger partial charge in [-0.05, 0) is 72.4 Å². The summed E-state index contributed by atoms with van der Waals surface area (Å²) < 4.78 is 5.29. The molecule has 6 heteroatoms. The van der Waals surface area contributed by atoms with Crippen LogP contribution in [0.3, 0.4) is 0 Å². The molecule has 0 saturated heterocycles. The van der Waals surface area contributed by atoms with E-state index >= 15 is 0 Å². The number of carbonyl (C=O) groups is 2. The van der Waals surface area contributed by atoms with E-state index in [0.29, 0.717) is 10.5 Å². The lowest BCUT2D eigenvalue weighted by Gasteiger charge is -2.28. The highest BCUT2D eigenvalue weighted by Crippen LogP contribution is 2.42. The van der Waals surface area contributed by atoms with Crippen LogP contribution < -0.4 is 15.0 Å². The van der Waals surface area contributed by atoms with Gasteiger partial charge in [-0.2, -0.15) is 0 Å². The molecule has 0 fully saturated rings. The second-order valence-electron chi connectivity index (χ2n) is 8.55. The number of thioether (sulfide) groups is 1. The van der Waals surface area contributed by atoms with Crippen molar-refractivity contribution in [3.63, 3.8) is 0 Å². The van der Waals surface area contributed by atoms with Crippen molar-refractivity contribution in [3.8, 4) is 5.75 Å². The molecule has 1 atom stereocenters. The summed E-state index contributed by atoms with van der Waals surface area (Å²) in [5, 5.41) is 3.20. The number of hydrogen-bond donors (Lipinski definition) is 1. The van der Waals surface area contributed by atoms with E-state index in [2.05, 4.69) is 17.4 Å². The van der Waals surface area contributed by atoms with Crippen molar-refractivity contribution >= 4 is 35.3 Å². The van der Waals surface area contributed by atoms with Gasteiger partial charge in [0.1, 0.15) is 5.75 Å². The molecule has 34 heavy (non-hydrogen) atoms. The van der Waals surface area contributed by atoms with Gasteiger partial charge in [0.2, 0.25) is 0 Å². The molecule has 3 aromatic carbocycles. The van der Waals surface area contributed by atoms with Gasteiger partial charge in [0.05, 0.1) is 23.7 Å². The van der Waals surface area contributed by atoms with E-state index < -0.39 is 0 Å². The monoisotopic (exact) mass is 470 g/mol. The van der Waals surface area contributed by atoms with E-state index in [1.54, 1.807) is 19.1 Å². The molecule has 172 valence electrons. The van der Waals surface area contributed by atoms with Crippen LogP contribution in [0.4, 0.5) is 5.69 Å². The van der Waals surface area contributed by atoms with Gasteiger partial charge in [0.25, 0.3) is 11.8 Å². The second-order valence-corrected chi connectivity index (χ2v) is 9.63. The summed E-state index contributed by atoms with van der Waals surface area (Å²) in [6.45, 7) is 0. The van der Waals surface area contributed by atoms with Gasteiger partial charge in [0, 0.05) is 17.5 Å². The Morgan fingerprint density at radius 3 is 2.82 bits per heavy atom. The number of hydrogen-bond acceptors (Lipinski definition) is 4. The maximum Gasteiger partial charge on any atom is 0.264 e. The first-order valence-corrected chi connectivity index (χ1v) is 12.2. The number of aryl methyl sites for hydroxylation is 1. The fourth-order valence-corrected chi connectivity index (χ4v) is 5.66. The van der Waals surface area contributed by atoms with Crippen molar-refractivity contribution in [2.45, 2.75) is 30.2 Å². The third-order valence-corrected chi connectivity index (χ3v) is 7.46. The summed E-state index contributed by atoms with van der Waals surface area (Å²) in [7, 11) is 3.37. The molecule has 1 aliphatic heterocycles. The molecule has 2 aliphatic rings. The van der Waals surface area contributed by atoms with Crippen LogP contribution in [0.5, 0.6) is 5.75 Å². The van der Waals surface area contributed by atoms with Gasteiger partial charge < -0.3 is 15.0 Å². The van der Waals surface area contributed by atoms with Gasteiger partial charge >= 0.3 is 0 Å².